The van der Waals surface area contributed by atoms with Gasteiger partial charge in [-0.05, 0) is 32.0 Å². The van der Waals surface area contributed by atoms with Crippen LogP contribution in [0.25, 0.3) is 0 Å². The Kier molecular flexibility index (Phi) is 6.53. The van der Waals surface area contributed by atoms with E-state index in [9.17, 15) is 9.18 Å². The highest BCUT2D eigenvalue weighted by atomic mass is 19.1. The molecule has 1 aliphatic heterocycles. The standard InChI is InChI=1S/C17H23FN4O2/c1-12(22-5-6-24-11-13(22)2)9-20-17(23)21-10-15-7-14(8-19)3-4-16(15)18/h3-4,7,12-13H,5-6,9-11H2,1-2H3,(H2,20,21,23)/t12-,13-/m1/s1. The summed E-state index contributed by atoms with van der Waals surface area (Å²) in [4.78, 5) is 14.2. The Bertz CT molecular complexity index is 617. The maximum Gasteiger partial charge on any atom is 0.315 e. The minimum atomic E-state index is -0.440. The maximum atomic E-state index is 13.7. The molecule has 0 bridgehead atoms. The van der Waals surface area contributed by atoms with E-state index < -0.39 is 5.82 Å². The minimum Gasteiger partial charge on any atom is -0.379 e. The summed E-state index contributed by atoms with van der Waals surface area (Å²) in [7, 11) is 0. The van der Waals surface area contributed by atoms with E-state index in [1.165, 1.54) is 18.2 Å². The van der Waals surface area contributed by atoms with E-state index in [0.717, 1.165) is 6.54 Å². The summed E-state index contributed by atoms with van der Waals surface area (Å²) in [6.45, 7) is 6.93. The van der Waals surface area contributed by atoms with Crippen LogP contribution in [-0.4, -0.2) is 49.3 Å². The van der Waals surface area contributed by atoms with Gasteiger partial charge < -0.3 is 15.4 Å². The Balaban J connectivity index is 1.78. The number of hydrogen-bond donors (Lipinski definition) is 2. The number of nitriles is 1. The van der Waals surface area contributed by atoms with Crippen LogP contribution in [0.3, 0.4) is 0 Å². The van der Waals surface area contributed by atoms with Gasteiger partial charge in [0.2, 0.25) is 0 Å². The van der Waals surface area contributed by atoms with Crippen molar-refractivity contribution in [2.45, 2.75) is 32.5 Å². The van der Waals surface area contributed by atoms with Gasteiger partial charge in [0.15, 0.2) is 0 Å². The fraction of sp³-hybridized carbons (Fsp3) is 0.529. The zero-order valence-corrected chi connectivity index (χ0v) is 14.0. The normalized spacial score (nSPS) is 19.3. The largest absolute Gasteiger partial charge is 0.379 e. The first-order valence-electron chi connectivity index (χ1n) is 8.05. The number of amides is 2. The van der Waals surface area contributed by atoms with E-state index in [-0.39, 0.29) is 18.6 Å². The van der Waals surface area contributed by atoms with Crippen LogP contribution in [0, 0.1) is 17.1 Å². The molecule has 6 nitrogen and oxygen atoms in total. The number of carbonyl (C=O) groups excluding carboxylic acids is 1. The van der Waals surface area contributed by atoms with Gasteiger partial charge in [0.05, 0.1) is 24.8 Å². The topological polar surface area (TPSA) is 77.4 Å². The Morgan fingerprint density at radius 1 is 1.54 bits per heavy atom. The van der Waals surface area contributed by atoms with E-state index >= 15 is 0 Å². The number of carbonyl (C=O) groups is 1. The number of morpholine rings is 1. The number of urea groups is 1. The van der Waals surface area contributed by atoms with Crippen molar-refractivity contribution in [3.05, 3.63) is 35.1 Å². The van der Waals surface area contributed by atoms with Gasteiger partial charge in [0.25, 0.3) is 0 Å². The van der Waals surface area contributed by atoms with Crippen LogP contribution >= 0.6 is 0 Å². The molecule has 1 heterocycles. The molecule has 0 spiro atoms. The van der Waals surface area contributed by atoms with Crippen molar-refractivity contribution in [3.63, 3.8) is 0 Å². The van der Waals surface area contributed by atoms with Gasteiger partial charge in [-0.2, -0.15) is 5.26 Å². The maximum absolute atomic E-state index is 13.7. The number of rotatable bonds is 5. The van der Waals surface area contributed by atoms with E-state index in [1.807, 2.05) is 6.07 Å². The van der Waals surface area contributed by atoms with Crippen molar-refractivity contribution >= 4 is 6.03 Å². The molecule has 1 saturated heterocycles. The Morgan fingerprint density at radius 2 is 2.33 bits per heavy atom. The van der Waals surface area contributed by atoms with Crippen LogP contribution in [0.15, 0.2) is 18.2 Å². The fourth-order valence-corrected chi connectivity index (χ4v) is 2.77. The predicted octanol–water partition coefficient (Wildman–Crippen LogP) is 1.61. The Labute approximate surface area is 141 Å². The van der Waals surface area contributed by atoms with Crippen molar-refractivity contribution in [3.8, 4) is 6.07 Å². The first-order chi connectivity index (χ1) is 11.5. The van der Waals surface area contributed by atoms with Crippen LogP contribution < -0.4 is 10.6 Å². The van der Waals surface area contributed by atoms with E-state index in [0.29, 0.717) is 36.9 Å². The molecule has 2 N–H and O–H groups in total. The van der Waals surface area contributed by atoms with Crippen molar-refractivity contribution in [2.75, 3.05) is 26.3 Å². The molecule has 0 aliphatic carbocycles. The summed E-state index contributed by atoms with van der Waals surface area (Å²) in [5.41, 5.74) is 0.655. The average molecular weight is 334 g/mol. The molecule has 1 aromatic carbocycles. The predicted molar refractivity (Wildman–Crippen MR) is 87.8 cm³/mol. The van der Waals surface area contributed by atoms with Crippen molar-refractivity contribution in [2.24, 2.45) is 0 Å². The lowest BCUT2D eigenvalue weighted by molar-refractivity contribution is -0.0176. The van der Waals surface area contributed by atoms with Crippen LogP contribution in [0.5, 0.6) is 0 Å². The van der Waals surface area contributed by atoms with Gasteiger partial charge in [-0.1, -0.05) is 0 Å². The zero-order valence-electron chi connectivity index (χ0n) is 14.0. The molecular weight excluding hydrogens is 311 g/mol. The van der Waals surface area contributed by atoms with Gasteiger partial charge in [0, 0.05) is 37.3 Å². The van der Waals surface area contributed by atoms with E-state index in [2.05, 4.69) is 29.4 Å². The molecule has 0 unspecified atom stereocenters. The third kappa shape index (κ3) is 4.91. The van der Waals surface area contributed by atoms with Crippen molar-refractivity contribution in [1.82, 2.24) is 15.5 Å². The summed E-state index contributed by atoms with van der Waals surface area (Å²) in [5.74, 6) is -0.440. The van der Waals surface area contributed by atoms with Crippen LogP contribution in [0.2, 0.25) is 0 Å². The van der Waals surface area contributed by atoms with Crippen molar-refractivity contribution < 1.29 is 13.9 Å². The number of benzene rings is 1. The number of halogens is 1. The molecular formula is C17H23FN4O2. The second-order valence-electron chi connectivity index (χ2n) is 5.99. The SMILES string of the molecule is C[C@H](CNC(=O)NCc1cc(C#N)ccc1F)N1CCOC[C@H]1C. The molecule has 1 aliphatic rings. The van der Waals surface area contributed by atoms with E-state index in [1.54, 1.807) is 0 Å². The molecule has 2 amide bonds. The first-order valence-corrected chi connectivity index (χ1v) is 8.05. The van der Waals surface area contributed by atoms with Crippen LogP contribution in [0.4, 0.5) is 9.18 Å². The lowest BCUT2D eigenvalue weighted by Gasteiger charge is -2.37. The molecule has 1 aromatic rings. The molecule has 2 atom stereocenters. The van der Waals surface area contributed by atoms with Gasteiger partial charge in [-0.25, -0.2) is 9.18 Å². The van der Waals surface area contributed by atoms with Crippen LogP contribution in [0.1, 0.15) is 25.0 Å². The minimum absolute atomic E-state index is 0.0372. The Morgan fingerprint density at radius 3 is 3.04 bits per heavy atom. The summed E-state index contributed by atoms with van der Waals surface area (Å²) in [6.07, 6.45) is 0. The zero-order chi connectivity index (χ0) is 17.5. The van der Waals surface area contributed by atoms with Gasteiger partial charge in [-0.3, -0.25) is 4.90 Å². The summed E-state index contributed by atoms with van der Waals surface area (Å²) < 4.78 is 19.1. The highest BCUT2D eigenvalue weighted by Crippen LogP contribution is 2.11. The second kappa shape index (κ2) is 8.62. The van der Waals surface area contributed by atoms with Crippen molar-refractivity contribution in [1.29, 1.82) is 5.26 Å². The quantitative estimate of drug-likeness (QED) is 0.857. The van der Waals surface area contributed by atoms with Gasteiger partial charge in [0.1, 0.15) is 5.82 Å². The fourth-order valence-electron chi connectivity index (χ4n) is 2.77. The third-order valence-electron chi connectivity index (χ3n) is 4.16. The molecule has 1 fully saturated rings. The lowest BCUT2D eigenvalue weighted by Crippen LogP contribution is -2.52. The third-order valence-corrected chi connectivity index (χ3v) is 4.16. The summed E-state index contributed by atoms with van der Waals surface area (Å²) >= 11 is 0. The lowest BCUT2D eigenvalue weighted by atomic mass is 10.1. The molecule has 0 aromatic heterocycles. The van der Waals surface area contributed by atoms with Crippen LogP contribution in [-0.2, 0) is 11.3 Å². The van der Waals surface area contributed by atoms with Gasteiger partial charge >= 0.3 is 6.03 Å². The molecule has 0 saturated carbocycles. The molecule has 2 rings (SSSR count). The molecule has 24 heavy (non-hydrogen) atoms. The summed E-state index contributed by atoms with van der Waals surface area (Å²) in [6, 6.07) is 6.18. The summed E-state index contributed by atoms with van der Waals surface area (Å²) in [5, 5.41) is 14.3. The molecule has 0 radical (unpaired) electrons. The highest BCUT2D eigenvalue weighted by molar-refractivity contribution is 5.73. The number of ether oxygens (including phenoxy) is 1. The highest BCUT2D eigenvalue weighted by Gasteiger charge is 2.23. The number of nitrogens with zero attached hydrogens (tertiary/aromatic N) is 2. The molecule has 130 valence electrons. The van der Waals surface area contributed by atoms with Gasteiger partial charge in [-0.15, -0.1) is 0 Å². The molecule has 7 heteroatoms. The second-order valence-corrected chi connectivity index (χ2v) is 5.99. The smallest absolute Gasteiger partial charge is 0.315 e. The average Bonchev–Trinajstić information content (AvgIpc) is 2.59. The monoisotopic (exact) mass is 334 g/mol. The number of nitrogens with one attached hydrogen (secondary N) is 2. The Hall–Kier alpha value is -2.17. The first kappa shape index (κ1) is 18.2. The van der Waals surface area contributed by atoms with E-state index in [4.69, 9.17) is 10.00 Å². The number of hydrogen-bond acceptors (Lipinski definition) is 4.